The van der Waals surface area contributed by atoms with E-state index in [2.05, 4.69) is 0 Å². The predicted octanol–water partition coefficient (Wildman–Crippen LogP) is 2.00. The van der Waals surface area contributed by atoms with Crippen LogP contribution in [0.2, 0.25) is 0 Å². The summed E-state index contributed by atoms with van der Waals surface area (Å²) in [5, 5.41) is 11.0. The molecule has 1 saturated heterocycles. The van der Waals surface area contributed by atoms with Crippen LogP contribution in [0.1, 0.15) is 24.0 Å². The Bertz CT molecular complexity index is 619. The van der Waals surface area contributed by atoms with Gasteiger partial charge in [-0.25, -0.2) is 8.42 Å². The van der Waals surface area contributed by atoms with Crippen LogP contribution in [0.3, 0.4) is 0 Å². The number of nitro benzene ring substituents is 1. The van der Waals surface area contributed by atoms with Gasteiger partial charge >= 0.3 is 0 Å². The van der Waals surface area contributed by atoms with E-state index >= 15 is 0 Å². The molecule has 0 atom stereocenters. The van der Waals surface area contributed by atoms with Crippen LogP contribution in [0, 0.1) is 24.0 Å². The van der Waals surface area contributed by atoms with Crippen molar-refractivity contribution in [3.8, 4) is 0 Å². The van der Waals surface area contributed by atoms with Crippen molar-refractivity contribution in [3.05, 3.63) is 33.4 Å². The van der Waals surface area contributed by atoms with Crippen molar-refractivity contribution >= 4 is 15.7 Å². The van der Waals surface area contributed by atoms with Gasteiger partial charge in [-0.05, 0) is 38.3 Å². The minimum absolute atomic E-state index is 0.0178. The van der Waals surface area contributed by atoms with Crippen molar-refractivity contribution in [2.75, 3.05) is 13.1 Å². The number of hydrogen-bond donors (Lipinski definition) is 0. The molecule has 0 N–H and O–H groups in total. The third-order valence-electron chi connectivity index (χ3n) is 3.51. The maximum absolute atomic E-state index is 12.4. The first-order chi connectivity index (χ1) is 8.84. The first kappa shape index (κ1) is 14.0. The van der Waals surface area contributed by atoms with E-state index in [9.17, 15) is 18.5 Å². The summed E-state index contributed by atoms with van der Waals surface area (Å²) in [5.74, 6) is 0. The summed E-state index contributed by atoms with van der Waals surface area (Å²) in [7, 11) is -3.61. The van der Waals surface area contributed by atoms with E-state index in [4.69, 9.17) is 0 Å². The van der Waals surface area contributed by atoms with Gasteiger partial charge in [0.25, 0.3) is 5.69 Å². The Morgan fingerprint density at radius 3 is 2.32 bits per heavy atom. The molecule has 0 spiro atoms. The number of sulfonamides is 1. The van der Waals surface area contributed by atoms with Gasteiger partial charge in [0.15, 0.2) is 0 Å². The Labute approximate surface area is 112 Å². The monoisotopic (exact) mass is 284 g/mol. The summed E-state index contributed by atoms with van der Waals surface area (Å²) in [5.41, 5.74) is 0.982. The van der Waals surface area contributed by atoms with E-state index < -0.39 is 14.9 Å². The number of benzene rings is 1. The van der Waals surface area contributed by atoms with Gasteiger partial charge in [0, 0.05) is 24.7 Å². The molecule has 0 saturated carbocycles. The first-order valence-electron chi connectivity index (χ1n) is 6.10. The van der Waals surface area contributed by atoms with Crippen LogP contribution in [-0.4, -0.2) is 30.7 Å². The normalized spacial score (nSPS) is 16.7. The van der Waals surface area contributed by atoms with Crippen LogP contribution in [-0.2, 0) is 10.0 Å². The second-order valence-corrected chi connectivity index (χ2v) is 6.69. The fraction of sp³-hybridized carbons (Fsp3) is 0.500. The van der Waals surface area contributed by atoms with Gasteiger partial charge in [-0.1, -0.05) is 0 Å². The van der Waals surface area contributed by atoms with Gasteiger partial charge < -0.3 is 0 Å². The lowest BCUT2D eigenvalue weighted by Gasteiger charge is -2.16. The lowest BCUT2D eigenvalue weighted by atomic mass is 10.1. The molecule has 0 bridgehead atoms. The number of rotatable bonds is 3. The third kappa shape index (κ3) is 2.48. The van der Waals surface area contributed by atoms with Crippen LogP contribution in [0.15, 0.2) is 17.0 Å². The van der Waals surface area contributed by atoms with E-state index in [1.54, 1.807) is 13.8 Å². The molecule has 0 unspecified atom stereocenters. The summed E-state index contributed by atoms with van der Waals surface area (Å²) >= 11 is 0. The van der Waals surface area contributed by atoms with E-state index in [1.807, 2.05) is 0 Å². The zero-order valence-corrected chi connectivity index (χ0v) is 11.7. The Balaban J connectivity index is 2.54. The number of nitrogens with zero attached hydrogens (tertiary/aromatic N) is 2. The average molecular weight is 284 g/mol. The molecule has 2 rings (SSSR count). The number of nitro groups is 1. The van der Waals surface area contributed by atoms with E-state index in [0.29, 0.717) is 24.2 Å². The summed E-state index contributed by atoms with van der Waals surface area (Å²) in [4.78, 5) is 10.5. The second-order valence-electron chi connectivity index (χ2n) is 4.75. The van der Waals surface area contributed by atoms with Gasteiger partial charge in [0.1, 0.15) is 0 Å². The van der Waals surface area contributed by atoms with Gasteiger partial charge in [-0.2, -0.15) is 4.31 Å². The molecule has 1 aliphatic heterocycles. The van der Waals surface area contributed by atoms with Crippen LogP contribution < -0.4 is 0 Å². The highest BCUT2D eigenvalue weighted by molar-refractivity contribution is 7.89. The van der Waals surface area contributed by atoms with Crippen molar-refractivity contribution in [3.63, 3.8) is 0 Å². The highest BCUT2D eigenvalue weighted by Gasteiger charge is 2.29. The summed E-state index contributed by atoms with van der Waals surface area (Å²) in [6.45, 7) is 4.29. The van der Waals surface area contributed by atoms with Crippen LogP contribution >= 0.6 is 0 Å². The molecule has 6 nitrogen and oxygen atoms in total. The van der Waals surface area contributed by atoms with Crippen molar-refractivity contribution in [2.45, 2.75) is 31.6 Å². The Kier molecular flexibility index (Phi) is 3.60. The summed E-state index contributed by atoms with van der Waals surface area (Å²) < 4.78 is 26.1. The molecule has 1 aliphatic rings. The molecule has 0 amide bonds. The maximum Gasteiger partial charge on any atom is 0.273 e. The van der Waals surface area contributed by atoms with E-state index in [1.165, 1.54) is 10.4 Å². The van der Waals surface area contributed by atoms with Gasteiger partial charge in [0.05, 0.1) is 9.82 Å². The molecular weight excluding hydrogens is 268 g/mol. The molecule has 19 heavy (non-hydrogen) atoms. The molecule has 1 aromatic carbocycles. The van der Waals surface area contributed by atoms with Crippen LogP contribution in [0.5, 0.6) is 0 Å². The fourth-order valence-electron chi connectivity index (χ4n) is 2.22. The molecule has 1 aromatic rings. The highest BCUT2D eigenvalue weighted by Crippen LogP contribution is 2.28. The molecule has 0 radical (unpaired) electrons. The molecule has 104 valence electrons. The smallest absolute Gasteiger partial charge is 0.258 e. The summed E-state index contributed by atoms with van der Waals surface area (Å²) in [6.07, 6.45) is 1.68. The molecule has 7 heteroatoms. The van der Waals surface area contributed by atoms with Crippen LogP contribution in [0.25, 0.3) is 0 Å². The third-order valence-corrected chi connectivity index (χ3v) is 5.39. The Morgan fingerprint density at radius 2 is 1.79 bits per heavy atom. The van der Waals surface area contributed by atoms with Gasteiger partial charge in [-0.3, -0.25) is 10.1 Å². The fourth-order valence-corrected chi connectivity index (χ4v) is 3.85. The largest absolute Gasteiger partial charge is 0.273 e. The van der Waals surface area contributed by atoms with Crippen LogP contribution in [0.4, 0.5) is 5.69 Å². The second kappa shape index (κ2) is 4.90. The Hall–Kier alpha value is -1.47. The van der Waals surface area contributed by atoms with Crippen molar-refractivity contribution in [1.82, 2.24) is 4.31 Å². The first-order valence-corrected chi connectivity index (χ1v) is 7.54. The zero-order chi connectivity index (χ0) is 14.2. The zero-order valence-electron chi connectivity index (χ0n) is 10.9. The van der Waals surface area contributed by atoms with E-state index in [0.717, 1.165) is 18.9 Å². The van der Waals surface area contributed by atoms with Crippen molar-refractivity contribution < 1.29 is 13.3 Å². The van der Waals surface area contributed by atoms with Gasteiger partial charge in [-0.15, -0.1) is 0 Å². The lowest BCUT2D eigenvalue weighted by Crippen LogP contribution is -2.28. The van der Waals surface area contributed by atoms with E-state index in [-0.39, 0.29) is 10.6 Å². The molecular formula is C12H16N2O4S. The maximum atomic E-state index is 12.4. The molecule has 0 aromatic heterocycles. The van der Waals surface area contributed by atoms with Gasteiger partial charge in [0.2, 0.25) is 10.0 Å². The Morgan fingerprint density at radius 1 is 1.21 bits per heavy atom. The SMILES string of the molecule is Cc1cc(S(=O)(=O)N2CCCC2)cc([N+](=O)[O-])c1C. The standard InChI is InChI=1S/C12H16N2O4S/c1-9-7-11(8-12(10(9)2)14(15)16)19(17,18)13-5-3-4-6-13/h7-8H,3-6H2,1-2H3. The lowest BCUT2D eigenvalue weighted by molar-refractivity contribution is -0.385. The molecule has 0 aliphatic carbocycles. The predicted molar refractivity (Wildman–Crippen MR) is 70.6 cm³/mol. The topological polar surface area (TPSA) is 80.5 Å². The highest BCUT2D eigenvalue weighted by atomic mass is 32.2. The average Bonchev–Trinajstić information content (AvgIpc) is 2.86. The minimum atomic E-state index is -3.61. The van der Waals surface area contributed by atoms with Crippen molar-refractivity contribution in [1.29, 1.82) is 0 Å². The molecule has 1 heterocycles. The quantitative estimate of drug-likeness (QED) is 0.628. The number of aryl methyl sites for hydroxylation is 1. The van der Waals surface area contributed by atoms with Crippen molar-refractivity contribution in [2.24, 2.45) is 0 Å². The molecule has 1 fully saturated rings. The summed E-state index contributed by atoms with van der Waals surface area (Å²) in [6, 6.07) is 2.67. The number of hydrogen-bond acceptors (Lipinski definition) is 4. The minimum Gasteiger partial charge on any atom is -0.258 e.